The summed E-state index contributed by atoms with van der Waals surface area (Å²) in [6.07, 6.45) is 27.8. The lowest BCUT2D eigenvalue weighted by Crippen LogP contribution is -2.09. The Hall–Kier alpha value is -1.82. The molecule has 4 aliphatic carbocycles. The van der Waals surface area contributed by atoms with Crippen molar-refractivity contribution in [2.24, 2.45) is 27.6 Å². The molecule has 0 saturated heterocycles. The van der Waals surface area contributed by atoms with Gasteiger partial charge in [-0.25, -0.2) is 0 Å². The lowest BCUT2D eigenvalue weighted by Gasteiger charge is -2.23. The quantitative estimate of drug-likeness (QED) is 0.314. The molecule has 4 rings (SSSR count). The molecule has 0 aromatic carbocycles. The van der Waals surface area contributed by atoms with E-state index in [4.69, 9.17) is 0 Å². The average Bonchev–Trinajstić information content (AvgIpc) is 3.35. The van der Waals surface area contributed by atoms with E-state index in [1.165, 1.54) is 5.57 Å². The number of rotatable bonds is 0. The van der Waals surface area contributed by atoms with Crippen LogP contribution in [0.2, 0.25) is 0 Å². The van der Waals surface area contributed by atoms with Crippen molar-refractivity contribution >= 4 is 0 Å². The normalized spacial score (nSPS) is 18.8. The van der Waals surface area contributed by atoms with E-state index in [-0.39, 0.29) is 0 Å². The van der Waals surface area contributed by atoms with E-state index >= 15 is 0 Å². The van der Waals surface area contributed by atoms with Crippen LogP contribution in [0.15, 0.2) is 83.6 Å². The molecule has 0 radical (unpaired) electrons. The highest BCUT2D eigenvalue weighted by Gasteiger charge is 2.26. The van der Waals surface area contributed by atoms with Crippen LogP contribution >= 0.6 is 0 Å². The first-order valence-electron chi connectivity index (χ1n) is 13.2. The Morgan fingerprint density at radius 3 is 1.26 bits per heavy atom. The molecule has 0 aromatic rings. The van der Waals surface area contributed by atoms with E-state index in [2.05, 4.69) is 150 Å². The molecule has 0 amide bonds. The molecule has 0 N–H and O–H groups in total. The van der Waals surface area contributed by atoms with Gasteiger partial charge in [-0.05, 0) is 52.4 Å². The largest absolute Gasteiger partial charge is 0.0844 e. The molecule has 0 saturated carbocycles. The average molecular weight is 463 g/mol. The van der Waals surface area contributed by atoms with Gasteiger partial charge in [-0.3, -0.25) is 0 Å². The summed E-state index contributed by atoms with van der Waals surface area (Å²) in [6.45, 7) is 27.1. The maximum Gasteiger partial charge on any atom is -0.000444 e. The summed E-state index contributed by atoms with van der Waals surface area (Å²) in [6, 6.07) is 0. The number of allylic oxidation sites excluding steroid dienone is 14. The van der Waals surface area contributed by atoms with Gasteiger partial charge in [-0.2, -0.15) is 0 Å². The number of hydrogen-bond acceptors (Lipinski definition) is 0. The summed E-state index contributed by atoms with van der Waals surface area (Å²) in [7, 11) is 0. The minimum absolute atomic E-state index is 0.370. The molecule has 0 fully saturated rings. The highest BCUT2D eigenvalue weighted by molar-refractivity contribution is 5.38. The molecule has 0 nitrogen and oxygen atoms in total. The first-order valence-corrected chi connectivity index (χ1v) is 13.2. The highest BCUT2D eigenvalue weighted by Crippen LogP contribution is 2.36. The monoisotopic (exact) mass is 462 g/mol. The summed E-state index contributed by atoms with van der Waals surface area (Å²) < 4.78 is 0. The van der Waals surface area contributed by atoms with Gasteiger partial charge >= 0.3 is 0 Å². The van der Waals surface area contributed by atoms with E-state index in [0.717, 1.165) is 25.2 Å². The maximum atomic E-state index is 2.35. The van der Waals surface area contributed by atoms with Crippen LogP contribution in [-0.2, 0) is 0 Å². The Labute approximate surface area is 213 Å². The first kappa shape index (κ1) is 30.2. The van der Waals surface area contributed by atoms with Crippen molar-refractivity contribution in [2.45, 2.75) is 102 Å². The Kier molecular flexibility index (Phi) is 10.9. The van der Waals surface area contributed by atoms with Crippen molar-refractivity contribution in [1.82, 2.24) is 0 Å². The zero-order valence-electron chi connectivity index (χ0n) is 24.5. The number of hydrogen-bond donors (Lipinski definition) is 0. The van der Waals surface area contributed by atoms with Crippen LogP contribution in [0.25, 0.3) is 0 Å². The van der Waals surface area contributed by atoms with Crippen LogP contribution in [0.4, 0.5) is 0 Å². The Morgan fingerprint density at radius 2 is 1.12 bits per heavy atom. The topological polar surface area (TPSA) is 0 Å². The van der Waals surface area contributed by atoms with Gasteiger partial charge in [0.25, 0.3) is 0 Å². The van der Waals surface area contributed by atoms with E-state index in [0.29, 0.717) is 21.7 Å². The molecule has 0 heterocycles. The zero-order valence-corrected chi connectivity index (χ0v) is 24.5. The molecule has 0 unspecified atom stereocenters. The molecule has 0 aromatic heterocycles. The van der Waals surface area contributed by atoms with Crippen molar-refractivity contribution in [3.63, 3.8) is 0 Å². The molecule has 0 atom stereocenters. The van der Waals surface area contributed by atoms with E-state index < -0.39 is 0 Å². The maximum absolute atomic E-state index is 2.35. The second-order valence-electron chi connectivity index (χ2n) is 14.0. The summed E-state index contributed by atoms with van der Waals surface area (Å²) in [5.74, 6) is 0.799. The van der Waals surface area contributed by atoms with Gasteiger partial charge in [0.1, 0.15) is 0 Å². The van der Waals surface area contributed by atoms with Crippen molar-refractivity contribution in [3.05, 3.63) is 83.6 Å². The van der Waals surface area contributed by atoms with Gasteiger partial charge in [-0.1, -0.05) is 161 Å². The molecule has 190 valence electrons. The van der Waals surface area contributed by atoms with Gasteiger partial charge < -0.3 is 0 Å². The van der Waals surface area contributed by atoms with Crippen LogP contribution in [0.3, 0.4) is 0 Å². The van der Waals surface area contributed by atoms with Crippen LogP contribution in [0, 0.1) is 27.6 Å². The van der Waals surface area contributed by atoms with E-state index in [1.54, 1.807) is 11.1 Å². The van der Waals surface area contributed by atoms with Crippen LogP contribution in [-0.4, -0.2) is 0 Å². The van der Waals surface area contributed by atoms with Crippen molar-refractivity contribution in [3.8, 4) is 0 Å². The third-order valence-electron chi connectivity index (χ3n) is 6.51. The van der Waals surface area contributed by atoms with Crippen molar-refractivity contribution < 1.29 is 0 Å². The minimum Gasteiger partial charge on any atom is -0.0844 e. The Bertz CT molecular complexity index is 841. The lowest BCUT2D eigenvalue weighted by molar-refractivity contribution is 0.375. The lowest BCUT2D eigenvalue weighted by atomic mass is 9.82. The van der Waals surface area contributed by atoms with Crippen molar-refractivity contribution in [2.75, 3.05) is 0 Å². The van der Waals surface area contributed by atoms with Gasteiger partial charge in [0, 0.05) is 0 Å². The van der Waals surface area contributed by atoms with Crippen LogP contribution < -0.4 is 0 Å². The van der Waals surface area contributed by atoms with Crippen LogP contribution in [0.5, 0.6) is 0 Å². The van der Waals surface area contributed by atoms with E-state index in [9.17, 15) is 0 Å². The first-order chi connectivity index (χ1) is 15.4. The summed E-state index contributed by atoms with van der Waals surface area (Å²) in [5.41, 5.74) is 6.21. The van der Waals surface area contributed by atoms with Gasteiger partial charge in [0.15, 0.2) is 0 Å². The second kappa shape index (κ2) is 12.2. The summed E-state index contributed by atoms with van der Waals surface area (Å²) in [5, 5.41) is 0. The fourth-order valence-corrected chi connectivity index (χ4v) is 3.54. The SMILES string of the molecule is CC(C)(C)C1=CC=C1.CC(C)(C)C1=CC=CC1.CC(C)(C)C1=CCC=CC1.CC(C)(C)C1C=C1. The smallest absolute Gasteiger partial charge is 0.000444 e. The van der Waals surface area contributed by atoms with Crippen molar-refractivity contribution in [1.29, 1.82) is 0 Å². The predicted molar refractivity (Wildman–Crippen MR) is 156 cm³/mol. The summed E-state index contributed by atoms with van der Waals surface area (Å²) in [4.78, 5) is 0. The fourth-order valence-electron chi connectivity index (χ4n) is 3.54. The van der Waals surface area contributed by atoms with Crippen LogP contribution in [0.1, 0.15) is 102 Å². The third kappa shape index (κ3) is 12.0. The van der Waals surface area contributed by atoms with Gasteiger partial charge in [-0.15, -0.1) is 0 Å². The standard InChI is InChI=1S/C10H16.C9H14.C8H12.C7H12/c1-10(2,3)9-7-5-4-6-8-9;1-9(2,3)8-6-4-5-7-8;1-8(2,3)7-5-4-6-7;1-7(2,3)6-4-5-6/h4-5,8H,6-7H2,1-3H3;4-6H,7H2,1-3H3;4-6H,1-3H3;4-6H,1-3H3. The molecule has 4 aliphatic rings. The third-order valence-corrected chi connectivity index (χ3v) is 6.51. The predicted octanol–water partition coefficient (Wildman–Crippen LogP) is 11.0. The summed E-state index contributed by atoms with van der Waals surface area (Å²) >= 11 is 0. The Balaban J connectivity index is 0.000000228. The van der Waals surface area contributed by atoms with Gasteiger partial charge in [0.2, 0.25) is 0 Å². The van der Waals surface area contributed by atoms with Gasteiger partial charge in [0.05, 0.1) is 0 Å². The molecular weight excluding hydrogens is 408 g/mol. The Morgan fingerprint density at radius 1 is 0.588 bits per heavy atom. The fraction of sp³-hybridized carbons (Fsp3) is 0.588. The molecule has 0 aliphatic heterocycles. The molecule has 0 spiro atoms. The molecule has 0 bridgehead atoms. The molecular formula is C34H54. The molecule has 0 heteroatoms. The highest BCUT2D eigenvalue weighted by atomic mass is 14.3. The zero-order chi connectivity index (χ0) is 26.2. The minimum atomic E-state index is 0.370. The van der Waals surface area contributed by atoms with E-state index in [1.807, 2.05) is 0 Å². The molecule has 34 heavy (non-hydrogen) atoms. The second-order valence-corrected chi connectivity index (χ2v) is 14.0.